The fourth-order valence-electron chi connectivity index (χ4n) is 2.63. The van der Waals surface area contributed by atoms with Crippen LogP contribution in [0.1, 0.15) is 11.1 Å². The zero-order valence-electron chi connectivity index (χ0n) is 13.6. The van der Waals surface area contributed by atoms with Crippen LogP contribution in [0, 0.1) is 17.5 Å². The van der Waals surface area contributed by atoms with Gasteiger partial charge < -0.3 is 0 Å². The molecule has 26 heavy (non-hydrogen) atoms. The van der Waals surface area contributed by atoms with Crippen LogP contribution in [0.25, 0.3) is 0 Å². The fraction of sp³-hybridized carbons (Fsp3) is 0.100. The molecule has 0 aliphatic carbocycles. The van der Waals surface area contributed by atoms with Crippen molar-refractivity contribution < 1.29 is 21.6 Å². The van der Waals surface area contributed by atoms with E-state index in [4.69, 9.17) is 0 Å². The topological polar surface area (TPSA) is 34.1 Å². The molecule has 2 nitrogen and oxygen atoms in total. The largest absolute Gasteiger partial charge is 0.218 e. The highest BCUT2D eigenvalue weighted by Crippen LogP contribution is 2.24. The van der Waals surface area contributed by atoms with E-state index in [1.54, 1.807) is 12.1 Å². The van der Waals surface area contributed by atoms with Crippen molar-refractivity contribution in [1.82, 2.24) is 0 Å². The molecule has 0 saturated heterocycles. The van der Waals surface area contributed by atoms with Gasteiger partial charge in [0.2, 0.25) is 9.84 Å². The molecule has 0 fully saturated rings. The maximum absolute atomic E-state index is 13.8. The molecule has 0 amide bonds. The molecule has 0 saturated carbocycles. The molecule has 0 heterocycles. The van der Waals surface area contributed by atoms with Gasteiger partial charge in [0.25, 0.3) is 0 Å². The van der Waals surface area contributed by atoms with Gasteiger partial charge in [0.15, 0.2) is 0 Å². The normalized spacial score (nSPS) is 11.5. The molecular weight excluding hydrogens is 361 g/mol. The second-order valence-corrected chi connectivity index (χ2v) is 7.73. The standard InChI is InChI=1S/C20H15F3O2S/c21-16-10-9-15(19(23)13-16)8-5-14-6-11-17(12-7-14)26(24,25)20-4-2-1-3-18(20)22/h1-4,6-7,9-13H,5,8H2. The first-order chi connectivity index (χ1) is 12.4. The van der Waals surface area contributed by atoms with E-state index in [1.807, 2.05) is 0 Å². The average Bonchev–Trinajstić information content (AvgIpc) is 2.61. The predicted molar refractivity (Wildman–Crippen MR) is 92.1 cm³/mol. The van der Waals surface area contributed by atoms with Crippen molar-refractivity contribution in [1.29, 1.82) is 0 Å². The first-order valence-corrected chi connectivity index (χ1v) is 9.39. The lowest BCUT2D eigenvalue weighted by atomic mass is 10.0. The van der Waals surface area contributed by atoms with Gasteiger partial charge >= 0.3 is 0 Å². The maximum atomic E-state index is 13.8. The summed E-state index contributed by atoms with van der Waals surface area (Å²) in [5.74, 6) is -2.04. The minimum Gasteiger partial charge on any atom is -0.218 e. The fourth-order valence-corrected chi connectivity index (χ4v) is 3.96. The lowest BCUT2D eigenvalue weighted by Crippen LogP contribution is -2.04. The van der Waals surface area contributed by atoms with E-state index in [1.165, 1.54) is 42.5 Å². The lowest BCUT2D eigenvalue weighted by Gasteiger charge is -2.08. The lowest BCUT2D eigenvalue weighted by molar-refractivity contribution is 0.567. The van der Waals surface area contributed by atoms with Crippen molar-refractivity contribution in [3.05, 3.63) is 95.3 Å². The molecule has 0 spiro atoms. The van der Waals surface area contributed by atoms with Crippen molar-refractivity contribution >= 4 is 9.84 Å². The summed E-state index contributed by atoms with van der Waals surface area (Å²) in [7, 11) is -3.94. The highest BCUT2D eigenvalue weighted by atomic mass is 32.2. The Balaban J connectivity index is 1.77. The molecule has 0 atom stereocenters. The van der Waals surface area contributed by atoms with Crippen molar-refractivity contribution in [2.75, 3.05) is 0 Å². The van der Waals surface area contributed by atoms with Gasteiger partial charge in [0.05, 0.1) is 4.90 Å². The molecule has 0 aliphatic rings. The minimum atomic E-state index is -3.94. The van der Waals surface area contributed by atoms with E-state index in [0.29, 0.717) is 18.4 Å². The van der Waals surface area contributed by atoms with E-state index in [0.717, 1.165) is 17.7 Å². The van der Waals surface area contributed by atoms with Gasteiger partial charge in [0, 0.05) is 6.07 Å². The Hall–Kier alpha value is -2.60. The van der Waals surface area contributed by atoms with Crippen LogP contribution in [-0.2, 0) is 22.7 Å². The van der Waals surface area contributed by atoms with Crippen LogP contribution in [0.3, 0.4) is 0 Å². The first-order valence-electron chi connectivity index (χ1n) is 7.90. The Morgan fingerprint density at radius 2 is 1.42 bits per heavy atom. The molecule has 0 N–H and O–H groups in total. The molecule has 0 bridgehead atoms. The molecule has 3 aromatic carbocycles. The van der Waals surface area contributed by atoms with E-state index in [-0.39, 0.29) is 9.79 Å². The number of halogens is 3. The first kappa shape index (κ1) is 18.2. The third-order valence-corrected chi connectivity index (χ3v) is 5.86. The zero-order chi connectivity index (χ0) is 18.7. The molecule has 0 unspecified atom stereocenters. The average molecular weight is 376 g/mol. The van der Waals surface area contributed by atoms with Crippen LogP contribution in [0.2, 0.25) is 0 Å². The minimum absolute atomic E-state index is 0.0145. The van der Waals surface area contributed by atoms with E-state index in [2.05, 4.69) is 0 Å². The van der Waals surface area contributed by atoms with Crippen LogP contribution in [-0.4, -0.2) is 8.42 Å². The summed E-state index contributed by atoms with van der Waals surface area (Å²) >= 11 is 0. The molecule has 134 valence electrons. The van der Waals surface area contributed by atoms with Gasteiger partial charge in [-0.25, -0.2) is 21.6 Å². The van der Waals surface area contributed by atoms with Crippen LogP contribution >= 0.6 is 0 Å². The quantitative estimate of drug-likeness (QED) is 0.646. The monoisotopic (exact) mass is 376 g/mol. The predicted octanol–water partition coefficient (Wildman–Crippen LogP) is 4.72. The number of benzene rings is 3. The Morgan fingerprint density at radius 3 is 2.08 bits per heavy atom. The Morgan fingerprint density at radius 1 is 0.731 bits per heavy atom. The molecule has 3 rings (SSSR count). The van der Waals surface area contributed by atoms with Gasteiger partial charge in [-0.05, 0) is 54.3 Å². The maximum Gasteiger partial charge on any atom is 0.209 e. The highest BCUT2D eigenvalue weighted by molar-refractivity contribution is 7.91. The van der Waals surface area contributed by atoms with Crippen LogP contribution in [0.4, 0.5) is 13.2 Å². The number of hydrogen-bond donors (Lipinski definition) is 0. The van der Waals surface area contributed by atoms with Crippen molar-refractivity contribution in [2.45, 2.75) is 22.6 Å². The molecule has 3 aromatic rings. The van der Waals surface area contributed by atoms with E-state index >= 15 is 0 Å². The second-order valence-electron chi connectivity index (χ2n) is 5.81. The summed E-state index contributed by atoms with van der Waals surface area (Å²) in [5, 5.41) is 0. The van der Waals surface area contributed by atoms with Gasteiger partial charge in [-0.15, -0.1) is 0 Å². The number of hydrogen-bond acceptors (Lipinski definition) is 2. The third kappa shape index (κ3) is 3.80. The Labute approximate surface area is 149 Å². The summed E-state index contributed by atoms with van der Waals surface area (Å²) in [5.41, 5.74) is 1.18. The molecule has 0 aliphatic heterocycles. The number of sulfone groups is 1. The molecule has 6 heteroatoms. The van der Waals surface area contributed by atoms with Crippen LogP contribution in [0.5, 0.6) is 0 Å². The third-order valence-electron chi connectivity index (χ3n) is 4.06. The van der Waals surface area contributed by atoms with Gasteiger partial charge in [-0.1, -0.05) is 30.3 Å². The number of rotatable bonds is 5. The van der Waals surface area contributed by atoms with E-state index in [9.17, 15) is 21.6 Å². The smallest absolute Gasteiger partial charge is 0.209 e. The van der Waals surface area contributed by atoms with Crippen LogP contribution < -0.4 is 0 Å². The Kier molecular flexibility index (Phi) is 5.13. The second kappa shape index (κ2) is 7.33. The van der Waals surface area contributed by atoms with Gasteiger partial charge in [0.1, 0.15) is 22.3 Å². The van der Waals surface area contributed by atoms with Crippen LogP contribution in [0.15, 0.2) is 76.5 Å². The van der Waals surface area contributed by atoms with Crippen molar-refractivity contribution in [2.24, 2.45) is 0 Å². The Bertz CT molecular complexity index is 1030. The summed E-state index contributed by atoms with van der Waals surface area (Å²) in [4.78, 5) is -0.388. The summed E-state index contributed by atoms with van der Waals surface area (Å²) in [6, 6.07) is 14.6. The summed E-state index contributed by atoms with van der Waals surface area (Å²) in [6.07, 6.45) is 0.814. The molecule has 0 aromatic heterocycles. The zero-order valence-corrected chi connectivity index (χ0v) is 14.4. The summed E-state index contributed by atoms with van der Waals surface area (Å²) in [6.45, 7) is 0. The van der Waals surface area contributed by atoms with E-state index < -0.39 is 27.3 Å². The SMILES string of the molecule is O=S(=O)(c1ccc(CCc2ccc(F)cc2F)cc1)c1ccccc1F. The van der Waals surface area contributed by atoms with Crippen molar-refractivity contribution in [3.63, 3.8) is 0 Å². The summed E-state index contributed by atoms with van der Waals surface area (Å²) < 4.78 is 65.3. The highest BCUT2D eigenvalue weighted by Gasteiger charge is 2.21. The van der Waals surface area contributed by atoms with Gasteiger partial charge in [-0.2, -0.15) is 0 Å². The molecular formula is C20H15F3O2S. The van der Waals surface area contributed by atoms with Gasteiger partial charge in [-0.3, -0.25) is 0 Å². The number of aryl methyl sites for hydroxylation is 2. The molecule has 0 radical (unpaired) electrons. The van der Waals surface area contributed by atoms with Crippen molar-refractivity contribution in [3.8, 4) is 0 Å².